The van der Waals surface area contributed by atoms with Crippen LogP contribution in [0.2, 0.25) is 38.3 Å². The van der Waals surface area contributed by atoms with Gasteiger partial charge in [0.1, 0.15) is 0 Å². The van der Waals surface area contributed by atoms with Crippen LogP contribution in [0.5, 0.6) is 0 Å². The van der Waals surface area contributed by atoms with Gasteiger partial charge < -0.3 is 4.12 Å². The summed E-state index contributed by atoms with van der Waals surface area (Å²) in [4.78, 5) is 0. The van der Waals surface area contributed by atoms with E-state index in [0.29, 0.717) is 5.92 Å². The van der Waals surface area contributed by atoms with Crippen molar-refractivity contribution in [2.45, 2.75) is 151 Å². The molecule has 0 aliphatic carbocycles. The van der Waals surface area contributed by atoms with Gasteiger partial charge >= 0.3 is 0 Å². The Labute approximate surface area is 417 Å². The quantitative estimate of drug-likeness (QED) is 0.105. The molecule has 0 heterocycles. The van der Waals surface area contributed by atoms with Gasteiger partial charge in [-0.1, -0.05) is 225 Å². The third-order valence-corrected chi connectivity index (χ3v) is 20.6. The van der Waals surface area contributed by atoms with Crippen LogP contribution in [0.1, 0.15) is 113 Å². The van der Waals surface area contributed by atoms with Gasteiger partial charge in [-0.25, -0.2) is 0 Å². The molecule has 0 aromatic heterocycles. The van der Waals surface area contributed by atoms with Gasteiger partial charge in [-0.05, 0) is 168 Å². The Morgan fingerprint density at radius 3 is 1.00 bits per heavy atom. The Balaban J connectivity index is 0.000000210. The zero-order valence-corrected chi connectivity index (χ0v) is 46.9. The van der Waals surface area contributed by atoms with E-state index in [1.54, 1.807) is 0 Å². The summed E-state index contributed by atoms with van der Waals surface area (Å²) in [5.74, 6) is 0.473. The molecular weight excluding hydrogens is 853 g/mol. The van der Waals surface area contributed by atoms with E-state index < -0.39 is 16.6 Å². The zero-order valence-electron chi connectivity index (χ0n) is 44.9. The van der Waals surface area contributed by atoms with Gasteiger partial charge in [-0.15, -0.1) is 0 Å². The van der Waals surface area contributed by atoms with Crippen molar-refractivity contribution in [1.29, 1.82) is 0 Å². The fourth-order valence-corrected chi connectivity index (χ4v) is 17.3. The molecule has 0 saturated heterocycles. The highest BCUT2D eigenvalue weighted by molar-refractivity contribution is 6.84. The molecule has 0 unspecified atom stereocenters. The first-order valence-corrected chi connectivity index (χ1v) is 31.5. The second-order valence-electron chi connectivity index (χ2n) is 21.6. The summed E-state index contributed by atoms with van der Waals surface area (Å²) >= 11 is 0. The van der Waals surface area contributed by atoms with Gasteiger partial charge in [0.15, 0.2) is 16.6 Å². The maximum Gasteiger partial charge on any atom is 0.173 e. The molecule has 0 spiro atoms. The van der Waals surface area contributed by atoms with Crippen molar-refractivity contribution in [3.8, 4) is 11.1 Å². The summed E-state index contributed by atoms with van der Waals surface area (Å²) in [6.07, 6.45) is 4.86. The first-order valence-electron chi connectivity index (χ1n) is 25.2. The minimum absolute atomic E-state index is 0.285. The van der Waals surface area contributed by atoms with Crippen LogP contribution in [-0.2, 0) is 22.4 Å². The molecule has 7 rings (SSSR count). The monoisotopic (exact) mass is 939 g/mol. The minimum atomic E-state index is -1.59. The summed E-state index contributed by atoms with van der Waals surface area (Å²) in [5.41, 5.74) is 19.5. The van der Waals surface area contributed by atoms with Crippen molar-refractivity contribution in [1.82, 2.24) is 0 Å². The lowest BCUT2D eigenvalue weighted by atomic mass is 9.87. The molecule has 0 atom stereocenters. The van der Waals surface area contributed by atoms with Crippen molar-refractivity contribution in [2.75, 3.05) is 0 Å². The molecule has 7 aromatic carbocycles. The number of rotatable bonds is 13. The normalized spacial score (nSPS) is 11.4. The lowest BCUT2D eigenvalue weighted by molar-refractivity contribution is 0.530. The number of aryl methyl sites for hydroxylation is 9. The lowest BCUT2D eigenvalue weighted by Crippen LogP contribution is -2.44. The fourth-order valence-electron chi connectivity index (χ4n) is 8.49. The molecule has 0 fully saturated rings. The van der Waals surface area contributed by atoms with Gasteiger partial charge in [-0.2, -0.15) is 0 Å². The molecular formula is C65H86OSi2. The van der Waals surface area contributed by atoms with Crippen molar-refractivity contribution >= 4 is 16.6 Å². The van der Waals surface area contributed by atoms with E-state index >= 15 is 0 Å². The van der Waals surface area contributed by atoms with Crippen LogP contribution in [0.15, 0.2) is 170 Å². The van der Waals surface area contributed by atoms with Crippen LogP contribution in [0.3, 0.4) is 0 Å². The highest BCUT2D eigenvalue weighted by Gasteiger charge is 2.32. The Hall–Kier alpha value is -5.07. The van der Waals surface area contributed by atoms with Crippen LogP contribution in [0.25, 0.3) is 11.1 Å². The molecule has 0 radical (unpaired) electrons. The Bertz CT molecular complexity index is 2350. The predicted molar refractivity (Wildman–Crippen MR) is 306 cm³/mol. The van der Waals surface area contributed by atoms with E-state index in [9.17, 15) is 0 Å². The molecule has 360 valence electrons. The van der Waals surface area contributed by atoms with Crippen molar-refractivity contribution < 1.29 is 4.12 Å². The third-order valence-electron chi connectivity index (χ3n) is 13.0. The van der Waals surface area contributed by atoms with Crippen LogP contribution in [0.4, 0.5) is 0 Å². The van der Waals surface area contributed by atoms with Crippen molar-refractivity contribution in [3.05, 3.63) is 237 Å². The Morgan fingerprint density at radius 1 is 0.397 bits per heavy atom. The average Bonchev–Trinajstić information content (AvgIpc) is 3.29. The van der Waals surface area contributed by atoms with E-state index in [4.69, 9.17) is 4.12 Å². The molecule has 0 N–H and O–H groups in total. The molecule has 0 aliphatic rings. The van der Waals surface area contributed by atoms with E-state index in [0.717, 1.165) is 0 Å². The minimum Gasteiger partial charge on any atom is -0.455 e. The average molecular weight is 940 g/mol. The molecule has 68 heavy (non-hydrogen) atoms. The van der Waals surface area contributed by atoms with Gasteiger partial charge in [0.05, 0.1) is 0 Å². The Kier molecular flexibility index (Phi) is 21.7. The van der Waals surface area contributed by atoms with Crippen molar-refractivity contribution in [2.24, 2.45) is 0 Å². The molecule has 0 saturated carbocycles. The summed E-state index contributed by atoms with van der Waals surface area (Å²) < 4.78 is 6.84. The van der Waals surface area contributed by atoms with E-state index in [1.807, 2.05) is 0 Å². The summed E-state index contributed by atoms with van der Waals surface area (Å²) in [6.45, 7) is 33.7. The standard InChI is InChI=1S/C24H38OSi2.C16H18.C14H14.C11H16/c1-21-13-7-9-15-23(21)17-11-19-26(3,4)25-27(5,6)20-12-18-24-16-10-8-14-22(24)2;1-12-4-8-15(9-5-12)14(3)16-10-6-13(2)7-11-16;1-11-3-7-13(8-4-11)14-9-5-12(2)6-10-14;1-9-5-7-10(8-6-9)11(2,3)4/h7-10,13-16H,11-12,17-20H2,1-6H3;4-11,14H,1-3H3;3-10H,1-2H3;5-8H,1-4H3. The Morgan fingerprint density at radius 2 is 0.691 bits per heavy atom. The summed E-state index contributed by atoms with van der Waals surface area (Å²) in [5, 5.41) is 0. The first-order chi connectivity index (χ1) is 32.1. The molecule has 0 aliphatic heterocycles. The van der Waals surface area contributed by atoms with Gasteiger partial charge in [0.2, 0.25) is 0 Å². The topological polar surface area (TPSA) is 9.23 Å². The summed E-state index contributed by atoms with van der Waals surface area (Å²) in [7, 11) is -3.18. The van der Waals surface area contributed by atoms with Crippen LogP contribution in [-0.4, -0.2) is 16.6 Å². The van der Waals surface area contributed by atoms with E-state index in [-0.39, 0.29) is 5.41 Å². The zero-order chi connectivity index (χ0) is 49.9. The SMILES string of the molecule is Cc1ccc(-c2ccc(C)cc2)cc1.Cc1ccc(C(C)(C)C)cc1.Cc1ccc(C(C)c2ccc(C)cc2)cc1.Cc1ccccc1CCC[Si](C)(C)O[Si](C)(C)CCCc1ccccc1C. The number of hydrogen-bond acceptors (Lipinski definition) is 1. The van der Waals surface area contributed by atoms with Gasteiger partial charge in [0, 0.05) is 5.92 Å². The predicted octanol–water partition coefficient (Wildman–Crippen LogP) is 19.0. The van der Waals surface area contributed by atoms with E-state index in [1.165, 1.54) is 116 Å². The first kappa shape index (κ1) is 55.5. The van der Waals surface area contributed by atoms with Gasteiger partial charge in [-0.3, -0.25) is 0 Å². The molecule has 0 amide bonds. The fraction of sp³-hybridized carbons (Fsp3) is 0.354. The largest absolute Gasteiger partial charge is 0.455 e. The molecule has 1 nitrogen and oxygen atoms in total. The lowest BCUT2D eigenvalue weighted by Gasteiger charge is -2.34. The highest BCUT2D eigenvalue weighted by Crippen LogP contribution is 2.28. The highest BCUT2D eigenvalue weighted by atomic mass is 28.4. The van der Waals surface area contributed by atoms with Crippen LogP contribution in [0, 0.1) is 48.5 Å². The van der Waals surface area contributed by atoms with E-state index in [2.05, 4.69) is 272 Å². The van der Waals surface area contributed by atoms with Crippen molar-refractivity contribution in [3.63, 3.8) is 0 Å². The smallest absolute Gasteiger partial charge is 0.173 e. The second-order valence-corrected chi connectivity index (χ2v) is 30.4. The molecule has 7 aromatic rings. The maximum atomic E-state index is 6.84. The number of hydrogen-bond donors (Lipinski definition) is 0. The third kappa shape index (κ3) is 19.9. The number of benzene rings is 7. The van der Waals surface area contributed by atoms with Crippen LogP contribution >= 0.6 is 0 Å². The summed E-state index contributed by atoms with van der Waals surface area (Å²) in [6, 6.07) is 63.7. The van der Waals surface area contributed by atoms with Crippen LogP contribution < -0.4 is 0 Å². The molecule has 3 heteroatoms. The second kappa shape index (κ2) is 26.6. The maximum absolute atomic E-state index is 6.84. The van der Waals surface area contributed by atoms with Gasteiger partial charge in [0.25, 0.3) is 0 Å². The molecule has 0 bridgehead atoms.